The van der Waals surface area contributed by atoms with E-state index in [-0.39, 0.29) is 5.41 Å². The molecule has 0 N–H and O–H groups in total. The summed E-state index contributed by atoms with van der Waals surface area (Å²) in [6.45, 7) is 6.94. The Bertz CT molecular complexity index is 2360. The first kappa shape index (κ1) is 29.9. The van der Waals surface area contributed by atoms with Gasteiger partial charge in [0.15, 0.2) is 0 Å². The van der Waals surface area contributed by atoms with Crippen LogP contribution in [0.4, 0.5) is 17.1 Å². The number of thiophene rings is 1. The summed E-state index contributed by atoms with van der Waals surface area (Å²) in [6, 6.07) is 61.9. The van der Waals surface area contributed by atoms with Crippen molar-refractivity contribution in [3.63, 3.8) is 0 Å². The molecule has 0 aliphatic carbocycles. The quantitative estimate of drug-likeness (QED) is 0.176. The first-order valence-corrected chi connectivity index (χ1v) is 17.4. The smallest absolute Gasteiger partial charge is 0.0499 e. The molecule has 2 heteroatoms. The number of fused-ring (bicyclic) bond motifs is 3. The zero-order valence-electron chi connectivity index (χ0n) is 27.5. The lowest BCUT2D eigenvalue weighted by atomic mass is 9.83. The van der Waals surface area contributed by atoms with Crippen LogP contribution >= 0.6 is 11.3 Å². The van der Waals surface area contributed by atoms with Crippen molar-refractivity contribution in [3.05, 3.63) is 175 Å². The Labute approximate surface area is 287 Å². The Morgan fingerprint density at radius 2 is 0.938 bits per heavy atom. The molecule has 0 atom stereocenters. The molecule has 0 radical (unpaired) electrons. The first-order chi connectivity index (χ1) is 23.4. The maximum Gasteiger partial charge on any atom is 0.0499 e. The van der Waals surface area contributed by atoms with Crippen LogP contribution in [0.2, 0.25) is 0 Å². The van der Waals surface area contributed by atoms with Gasteiger partial charge < -0.3 is 4.90 Å². The van der Waals surface area contributed by atoms with Crippen LogP contribution in [-0.2, 0) is 5.41 Å². The van der Waals surface area contributed by atoms with E-state index in [4.69, 9.17) is 0 Å². The minimum atomic E-state index is -0.0923. The van der Waals surface area contributed by atoms with Gasteiger partial charge in [-0.1, -0.05) is 136 Å². The summed E-state index contributed by atoms with van der Waals surface area (Å²) < 4.78 is 2.65. The Kier molecular flexibility index (Phi) is 7.67. The summed E-state index contributed by atoms with van der Waals surface area (Å²) >= 11 is 1.86. The molecule has 48 heavy (non-hydrogen) atoms. The molecule has 8 rings (SSSR count). The van der Waals surface area contributed by atoms with Gasteiger partial charge in [0.2, 0.25) is 0 Å². The van der Waals surface area contributed by atoms with Crippen molar-refractivity contribution in [3.8, 4) is 33.4 Å². The second-order valence-electron chi connectivity index (χ2n) is 13.5. The molecule has 0 aliphatic rings. The van der Waals surface area contributed by atoms with Crippen molar-refractivity contribution in [2.24, 2.45) is 0 Å². The number of nitrogens with zero attached hydrogens (tertiary/aromatic N) is 1. The molecule has 1 heterocycles. The average molecular weight is 636 g/mol. The van der Waals surface area contributed by atoms with Gasteiger partial charge in [-0.25, -0.2) is 0 Å². The van der Waals surface area contributed by atoms with Gasteiger partial charge in [0, 0.05) is 37.2 Å². The Morgan fingerprint density at radius 1 is 0.396 bits per heavy atom. The second kappa shape index (κ2) is 12.3. The highest BCUT2D eigenvalue weighted by Crippen LogP contribution is 2.44. The predicted octanol–water partition coefficient (Wildman–Crippen LogP) is 13.8. The Balaban J connectivity index is 1.29. The van der Waals surface area contributed by atoms with Gasteiger partial charge in [-0.3, -0.25) is 0 Å². The summed E-state index contributed by atoms with van der Waals surface area (Å²) in [5.41, 5.74) is 12.0. The minimum Gasteiger partial charge on any atom is -0.310 e. The number of hydrogen-bond acceptors (Lipinski definition) is 2. The fourth-order valence-corrected chi connectivity index (χ4v) is 7.82. The van der Waals surface area contributed by atoms with Crippen LogP contribution in [0.25, 0.3) is 53.6 Å². The molecule has 8 aromatic rings. The fraction of sp³-hybridized carbons (Fsp3) is 0.0870. The first-order valence-electron chi connectivity index (χ1n) is 16.6. The molecule has 1 nitrogen and oxygen atoms in total. The van der Waals surface area contributed by atoms with Crippen molar-refractivity contribution in [2.75, 3.05) is 4.90 Å². The van der Waals surface area contributed by atoms with E-state index in [9.17, 15) is 0 Å². The van der Waals surface area contributed by atoms with Crippen LogP contribution in [0.5, 0.6) is 0 Å². The standard InChI is InChI=1S/C46H37NS/c1-46(2,3)42-31-37(33-15-8-5-9-16-33)23-27-43(42)47(38-25-21-34(22-26-38)32-13-6-4-7-14-32)39-18-12-17-35(29-39)36-24-28-45-41(30-36)40-19-10-11-20-44(40)48-45/h4-31H,1-3H3. The van der Waals surface area contributed by atoms with Crippen LogP contribution in [0.3, 0.4) is 0 Å². The SMILES string of the molecule is CC(C)(C)c1cc(-c2ccccc2)ccc1N(c1ccc(-c2ccccc2)cc1)c1cccc(-c2ccc3sc4ccccc4c3c2)c1. The largest absolute Gasteiger partial charge is 0.310 e. The lowest BCUT2D eigenvalue weighted by Gasteiger charge is -2.33. The molecule has 1 aromatic heterocycles. The summed E-state index contributed by atoms with van der Waals surface area (Å²) in [7, 11) is 0. The highest BCUT2D eigenvalue weighted by atomic mass is 32.1. The van der Waals surface area contributed by atoms with E-state index in [1.165, 1.54) is 64.8 Å². The summed E-state index contributed by atoms with van der Waals surface area (Å²) in [5, 5.41) is 2.64. The summed E-state index contributed by atoms with van der Waals surface area (Å²) in [5.74, 6) is 0. The van der Waals surface area contributed by atoms with Crippen LogP contribution in [0.1, 0.15) is 26.3 Å². The number of anilines is 3. The minimum absolute atomic E-state index is 0.0923. The summed E-state index contributed by atoms with van der Waals surface area (Å²) in [4.78, 5) is 2.44. The van der Waals surface area contributed by atoms with Crippen molar-refractivity contribution in [1.82, 2.24) is 0 Å². The van der Waals surface area contributed by atoms with Gasteiger partial charge in [-0.2, -0.15) is 0 Å². The fourth-order valence-electron chi connectivity index (χ4n) is 6.73. The molecule has 0 fully saturated rings. The molecule has 0 spiro atoms. The molecule has 0 aliphatic heterocycles. The van der Waals surface area contributed by atoms with Gasteiger partial charge in [-0.05, 0) is 99.0 Å². The van der Waals surface area contributed by atoms with Crippen LogP contribution < -0.4 is 4.90 Å². The zero-order valence-corrected chi connectivity index (χ0v) is 28.3. The van der Waals surface area contributed by atoms with E-state index in [2.05, 4.69) is 196 Å². The third-order valence-corrected chi connectivity index (χ3v) is 10.4. The van der Waals surface area contributed by atoms with E-state index in [1.54, 1.807) is 0 Å². The molecule has 0 bridgehead atoms. The molecule has 7 aromatic carbocycles. The monoisotopic (exact) mass is 635 g/mol. The zero-order chi connectivity index (χ0) is 32.7. The Morgan fingerprint density at radius 3 is 1.67 bits per heavy atom. The predicted molar refractivity (Wildman–Crippen MR) is 209 cm³/mol. The van der Waals surface area contributed by atoms with Gasteiger partial charge in [0.05, 0.1) is 0 Å². The molecule has 0 unspecified atom stereocenters. The van der Waals surface area contributed by atoms with Crippen LogP contribution in [-0.4, -0.2) is 0 Å². The van der Waals surface area contributed by atoms with Crippen molar-refractivity contribution in [2.45, 2.75) is 26.2 Å². The molecule has 0 amide bonds. The molecule has 0 saturated carbocycles. The van der Waals surface area contributed by atoms with Gasteiger partial charge >= 0.3 is 0 Å². The van der Waals surface area contributed by atoms with Gasteiger partial charge in [0.1, 0.15) is 0 Å². The van der Waals surface area contributed by atoms with E-state index in [0.29, 0.717) is 0 Å². The third-order valence-electron chi connectivity index (χ3n) is 9.20. The third kappa shape index (κ3) is 5.70. The highest BCUT2D eigenvalue weighted by Gasteiger charge is 2.25. The Hall–Kier alpha value is -5.44. The second-order valence-corrected chi connectivity index (χ2v) is 14.5. The van der Waals surface area contributed by atoms with Crippen LogP contribution in [0, 0.1) is 0 Å². The summed E-state index contributed by atoms with van der Waals surface area (Å²) in [6.07, 6.45) is 0. The molecular weight excluding hydrogens is 599 g/mol. The van der Waals surface area contributed by atoms with Crippen LogP contribution in [0.15, 0.2) is 170 Å². The number of benzene rings is 7. The van der Waals surface area contributed by atoms with Crippen molar-refractivity contribution in [1.29, 1.82) is 0 Å². The lowest BCUT2D eigenvalue weighted by Crippen LogP contribution is -2.19. The maximum atomic E-state index is 2.44. The lowest BCUT2D eigenvalue weighted by molar-refractivity contribution is 0.591. The maximum absolute atomic E-state index is 2.44. The van der Waals surface area contributed by atoms with E-state index in [0.717, 1.165) is 11.4 Å². The highest BCUT2D eigenvalue weighted by molar-refractivity contribution is 7.25. The van der Waals surface area contributed by atoms with Gasteiger partial charge in [0.25, 0.3) is 0 Å². The molecule has 232 valence electrons. The molecule has 0 saturated heterocycles. The average Bonchev–Trinajstić information content (AvgIpc) is 3.51. The van der Waals surface area contributed by atoms with E-state index < -0.39 is 0 Å². The topological polar surface area (TPSA) is 3.24 Å². The van der Waals surface area contributed by atoms with Gasteiger partial charge in [-0.15, -0.1) is 11.3 Å². The van der Waals surface area contributed by atoms with E-state index >= 15 is 0 Å². The van der Waals surface area contributed by atoms with Crippen molar-refractivity contribution >= 4 is 48.6 Å². The normalized spacial score (nSPS) is 11.6. The molecular formula is C46H37NS. The van der Waals surface area contributed by atoms with E-state index in [1.807, 2.05) is 11.3 Å². The number of rotatable bonds is 6. The van der Waals surface area contributed by atoms with Crippen molar-refractivity contribution < 1.29 is 0 Å². The number of hydrogen-bond donors (Lipinski definition) is 0.